The highest BCUT2D eigenvalue weighted by atomic mass is 35.5. The molecule has 1 aromatic rings. The number of carbonyl (C=O) groups excluding carboxylic acids is 1. The molecule has 1 aliphatic heterocycles. The van der Waals surface area contributed by atoms with Gasteiger partial charge in [-0.2, -0.15) is 0 Å². The van der Waals surface area contributed by atoms with Crippen LogP contribution in [0.3, 0.4) is 0 Å². The average Bonchev–Trinajstić information content (AvgIpc) is 2.61. The number of hydrogen-bond acceptors (Lipinski definition) is 5. The van der Waals surface area contributed by atoms with Gasteiger partial charge in [0.05, 0.1) is 24.5 Å². The quantitative estimate of drug-likeness (QED) is 0.659. The number of ketones is 1. The fourth-order valence-corrected chi connectivity index (χ4v) is 3.79. The zero-order chi connectivity index (χ0) is 18.7. The molecule has 0 fully saturated rings. The number of halogens is 1. The summed E-state index contributed by atoms with van der Waals surface area (Å²) in [6.45, 7) is 0.750. The Morgan fingerprint density at radius 2 is 2.12 bits per heavy atom. The van der Waals surface area contributed by atoms with Crippen molar-refractivity contribution in [3.63, 3.8) is 0 Å². The van der Waals surface area contributed by atoms with E-state index in [2.05, 4.69) is 5.32 Å². The molecule has 1 aliphatic carbocycles. The number of carboxylic acid groups (broad SMARTS) is 1. The number of aliphatic carboxylic acids is 1. The third kappa shape index (κ3) is 3.53. The van der Waals surface area contributed by atoms with E-state index < -0.39 is 11.9 Å². The lowest BCUT2D eigenvalue weighted by molar-refractivity contribution is -0.133. The summed E-state index contributed by atoms with van der Waals surface area (Å²) in [5.74, 6) is -1.84. The number of nitrogens with one attached hydrogen (secondary N) is 1. The Morgan fingerprint density at radius 1 is 1.35 bits per heavy atom. The van der Waals surface area contributed by atoms with E-state index in [9.17, 15) is 14.7 Å². The molecule has 1 unspecified atom stereocenters. The highest BCUT2D eigenvalue weighted by Gasteiger charge is 2.40. The minimum absolute atomic E-state index is 0.0376. The zero-order valence-corrected chi connectivity index (χ0v) is 15.0. The van der Waals surface area contributed by atoms with Gasteiger partial charge in [0.2, 0.25) is 0 Å². The Hall–Kier alpha value is -2.15. The van der Waals surface area contributed by atoms with Crippen molar-refractivity contribution in [3.05, 3.63) is 57.4 Å². The molecule has 138 valence electrons. The fourth-order valence-electron chi connectivity index (χ4n) is 3.54. The second-order valence-electron chi connectivity index (χ2n) is 6.29. The van der Waals surface area contributed by atoms with Crippen molar-refractivity contribution in [1.29, 1.82) is 0 Å². The highest BCUT2D eigenvalue weighted by molar-refractivity contribution is 6.31. The maximum absolute atomic E-state index is 12.7. The van der Waals surface area contributed by atoms with Gasteiger partial charge in [-0.15, -0.1) is 0 Å². The van der Waals surface area contributed by atoms with Gasteiger partial charge in [0.15, 0.2) is 5.78 Å². The van der Waals surface area contributed by atoms with E-state index in [0.717, 1.165) is 12.1 Å². The van der Waals surface area contributed by atoms with Gasteiger partial charge >= 0.3 is 5.97 Å². The maximum Gasteiger partial charge on any atom is 0.334 e. The normalized spacial score (nSPS) is 20.1. The molecule has 0 saturated carbocycles. The molecule has 3 rings (SSSR count). The predicted octanol–water partition coefficient (Wildman–Crippen LogP) is 2.35. The van der Waals surface area contributed by atoms with Crippen molar-refractivity contribution in [2.24, 2.45) is 5.73 Å². The molecule has 0 spiro atoms. The van der Waals surface area contributed by atoms with Crippen LogP contribution in [0.2, 0.25) is 5.02 Å². The van der Waals surface area contributed by atoms with Gasteiger partial charge in [-0.3, -0.25) is 4.79 Å². The first-order valence-corrected chi connectivity index (χ1v) is 8.94. The van der Waals surface area contributed by atoms with E-state index >= 15 is 0 Å². The molecule has 6 nitrogen and oxygen atoms in total. The summed E-state index contributed by atoms with van der Waals surface area (Å²) in [7, 11) is 0. The van der Waals surface area contributed by atoms with Crippen molar-refractivity contribution in [2.45, 2.75) is 25.2 Å². The van der Waals surface area contributed by atoms with E-state index in [1.54, 1.807) is 24.3 Å². The molecule has 0 aromatic heterocycles. The SMILES string of the molecule is NCCOCC1=C(C(=O)O)C(c2ccccc2Cl)C2=C(CCCC2=O)N1. The van der Waals surface area contributed by atoms with Crippen molar-refractivity contribution in [3.8, 4) is 0 Å². The van der Waals surface area contributed by atoms with E-state index in [0.29, 0.717) is 47.8 Å². The molecule has 1 aromatic carbocycles. The lowest BCUT2D eigenvalue weighted by Crippen LogP contribution is -2.36. The summed E-state index contributed by atoms with van der Waals surface area (Å²) in [5.41, 5.74) is 7.89. The van der Waals surface area contributed by atoms with Gasteiger partial charge in [-0.25, -0.2) is 4.79 Å². The van der Waals surface area contributed by atoms with Crippen LogP contribution in [-0.2, 0) is 14.3 Å². The summed E-state index contributed by atoms with van der Waals surface area (Å²) < 4.78 is 5.47. The summed E-state index contributed by atoms with van der Waals surface area (Å²) >= 11 is 6.36. The molecule has 4 N–H and O–H groups in total. The van der Waals surface area contributed by atoms with Crippen LogP contribution in [0.1, 0.15) is 30.7 Å². The van der Waals surface area contributed by atoms with Crippen molar-refractivity contribution in [1.82, 2.24) is 5.32 Å². The smallest absolute Gasteiger partial charge is 0.334 e. The summed E-state index contributed by atoms with van der Waals surface area (Å²) in [6, 6.07) is 7.05. The molecule has 1 atom stereocenters. The van der Waals surface area contributed by atoms with Crippen molar-refractivity contribution >= 4 is 23.4 Å². The third-order valence-electron chi connectivity index (χ3n) is 4.62. The summed E-state index contributed by atoms with van der Waals surface area (Å²) in [6.07, 6.45) is 1.84. The number of dihydropyridines is 1. The number of carboxylic acids is 1. The van der Waals surface area contributed by atoms with E-state index in [1.165, 1.54) is 0 Å². The molecule has 1 heterocycles. The zero-order valence-electron chi connectivity index (χ0n) is 14.3. The van der Waals surface area contributed by atoms with E-state index in [1.807, 2.05) is 0 Å². The lowest BCUT2D eigenvalue weighted by atomic mass is 9.75. The first-order chi connectivity index (χ1) is 12.5. The van der Waals surface area contributed by atoms with Crippen molar-refractivity contribution < 1.29 is 19.4 Å². The largest absolute Gasteiger partial charge is 0.478 e. The lowest BCUT2D eigenvalue weighted by Gasteiger charge is -2.34. The fraction of sp³-hybridized carbons (Fsp3) is 0.368. The highest BCUT2D eigenvalue weighted by Crippen LogP contribution is 2.44. The van der Waals surface area contributed by atoms with Crippen LogP contribution in [0, 0.1) is 0 Å². The van der Waals surface area contributed by atoms with Crippen LogP contribution >= 0.6 is 11.6 Å². The monoisotopic (exact) mass is 376 g/mol. The molecule has 0 saturated heterocycles. The molecule has 2 aliphatic rings. The second kappa shape index (κ2) is 8.03. The van der Waals surface area contributed by atoms with E-state index in [-0.39, 0.29) is 18.0 Å². The van der Waals surface area contributed by atoms with Crippen molar-refractivity contribution in [2.75, 3.05) is 19.8 Å². The Morgan fingerprint density at radius 3 is 2.81 bits per heavy atom. The molecule has 26 heavy (non-hydrogen) atoms. The van der Waals surface area contributed by atoms with Crippen LogP contribution in [0.4, 0.5) is 0 Å². The molecular formula is C19H21ClN2O4. The minimum Gasteiger partial charge on any atom is -0.478 e. The number of benzene rings is 1. The van der Waals surface area contributed by atoms with Gasteiger partial charge in [-0.05, 0) is 24.5 Å². The molecule has 0 radical (unpaired) electrons. The van der Waals surface area contributed by atoms with Crippen LogP contribution in [0.5, 0.6) is 0 Å². The number of hydrogen-bond donors (Lipinski definition) is 3. The molecule has 0 bridgehead atoms. The number of Topliss-reactive ketones (excluding diaryl/α,β-unsaturated/α-hetero) is 1. The number of rotatable bonds is 6. The van der Waals surface area contributed by atoms with Crippen LogP contribution in [-0.4, -0.2) is 36.6 Å². The number of carbonyl (C=O) groups is 2. The molecular weight excluding hydrogens is 356 g/mol. The van der Waals surface area contributed by atoms with Gasteiger partial charge in [0, 0.05) is 35.2 Å². The van der Waals surface area contributed by atoms with Crippen LogP contribution in [0.25, 0.3) is 0 Å². The number of nitrogens with two attached hydrogens (primary N) is 1. The van der Waals surface area contributed by atoms with Crippen LogP contribution in [0.15, 0.2) is 46.8 Å². The van der Waals surface area contributed by atoms with Gasteiger partial charge in [-0.1, -0.05) is 29.8 Å². The first-order valence-electron chi connectivity index (χ1n) is 8.56. The average molecular weight is 377 g/mol. The Bertz CT molecular complexity index is 800. The Balaban J connectivity index is 2.15. The summed E-state index contributed by atoms with van der Waals surface area (Å²) in [4.78, 5) is 24.8. The van der Waals surface area contributed by atoms with Gasteiger partial charge in [0.25, 0.3) is 0 Å². The Kier molecular flexibility index (Phi) is 5.76. The van der Waals surface area contributed by atoms with Crippen LogP contribution < -0.4 is 11.1 Å². The number of ether oxygens (including phenoxy) is 1. The molecule has 7 heteroatoms. The van der Waals surface area contributed by atoms with Gasteiger partial charge < -0.3 is 20.9 Å². The topological polar surface area (TPSA) is 102 Å². The standard InChI is InChI=1S/C19H21ClN2O4/c20-12-5-2-1-4-11(12)16-17-13(6-3-7-15(17)23)22-14(10-26-9-8-21)18(16)19(24)25/h1-2,4-5,16,22H,3,6-10,21H2,(H,24,25). The Labute approximate surface area is 156 Å². The maximum atomic E-state index is 12.7. The molecule has 0 amide bonds. The van der Waals surface area contributed by atoms with E-state index in [4.69, 9.17) is 22.1 Å². The number of allylic oxidation sites excluding steroid dienone is 2. The summed E-state index contributed by atoms with van der Waals surface area (Å²) in [5, 5.41) is 13.5. The predicted molar refractivity (Wildman–Crippen MR) is 97.7 cm³/mol. The first kappa shape index (κ1) is 18.6. The minimum atomic E-state index is -1.10. The third-order valence-corrected chi connectivity index (χ3v) is 4.96. The van der Waals surface area contributed by atoms with Gasteiger partial charge in [0.1, 0.15) is 0 Å². The second-order valence-corrected chi connectivity index (χ2v) is 6.69.